The first-order chi connectivity index (χ1) is 5.77. The van der Waals surface area contributed by atoms with Crippen LogP contribution in [0.1, 0.15) is 0 Å². The minimum absolute atomic E-state index is 0.246. The molecule has 0 aromatic heterocycles. The van der Waals surface area contributed by atoms with Crippen LogP contribution in [0, 0.1) is 0 Å². The molecule has 3 nitrogen and oxygen atoms in total. The van der Waals surface area contributed by atoms with Gasteiger partial charge in [-0.15, -0.1) is 0 Å². The summed E-state index contributed by atoms with van der Waals surface area (Å²) in [6.07, 6.45) is 3.15. The topological polar surface area (TPSA) is 45.8 Å². The Hall–Kier alpha value is -1.35. The van der Waals surface area contributed by atoms with Crippen molar-refractivity contribution in [2.75, 3.05) is 0 Å². The van der Waals surface area contributed by atoms with E-state index in [2.05, 4.69) is 9.97 Å². The Kier molecular flexibility index (Phi) is 1.59. The van der Waals surface area contributed by atoms with E-state index in [9.17, 15) is 4.79 Å². The lowest BCUT2D eigenvalue weighted by Gasteiger charge is -2.03. The Balaban J connectivity index is 2.86. The van der Waals surface area contributed by atoms with E-state index in [1.807, 2.05) is 0 Å². The second-order valence-corrected chi connectivity index (χ2v) is 2.78. The summed E-state index contributed by atoms with van der Waals surface area (Å²) in [5.74, 6) is 0. The molecule has 0 amide bonds. The Morgan fingerprint density at radius 3 is 3.17 bits per heavy atom. The van der Waals surface area contributed by atoms with Crippen molar-refractivity contribution >= 4 is 11.6 Å². The quantitative estimate of drug-likeness (QED) is 0.625. The summed E-state index contributed by atoms with van der Waals surface area (Å²) in [4.78, 5) is 17.3. The van der Waals surface area contributed by atoms with Gasteiger partial charge in [0, 0.05) is 24.0 Å². The van der Waals surface area contributed by atoms with Crippen LogP contribution in [0.3, 0.4) is 0 Å². The van der Waals surface area contributed by atoms with E-state index in [4.69, 9.17) is 11.6 Å². The van der Waals surface area contributed by atoms with Crippen LogP contribution in [-0.2, 0) is 0 Å². The third-order valence-electron chi connectivity index (χ3n) is 1.62. The van der Waals surface area contributed by atoms with Crippen molar-refractivity contribution in [1.29, 1.82) is 0 Å². The normalized spacial score (nSPS) is 10.4. The molecular formula is C8H5ClN2O. The van der Waals surface area contributed by atoms with Gasteiger partial charge in [0.1, 0.15) is 5.15 Å². The molecule has 0 unspecified atom stereocenters. The van der Waals surface area contributed by atoms with Gasteiger partial charge in [-0.3, -0.25) is 4.79 Å². The molecule has 0 saturated heterocycles. The molecule has 12 heavy (non-hydrogen) atoms. The van der Waals surface area contributed by atoms with Crippen molar-refractivity contribution in [2.24, 2.45) is 0 Å². The van der Waals surface area contributed by atoms with E-state index in [0.29, 0.717) is 5.15 Å². The van der Waals surface area contributed by atoms with E-state index in [-0.39, 0.29) is 5.56 Å². The molecular weight excluding hydrogens is 176 g/mol. The summed E-state index contributed by atoms with van der Waals surface area (Å²) in [6.45, 7) is 0. The van der Waals surface area contributed by atoms with E-state index < -0.39 is 0 Å². The van der Waals surface area contributed by atoms with Crippen molar-refractivity contribution in [3.8, 4) is 11.1 Å². The van der Waals surface area contributed by atoms with Crippen molar-refractivity contribution in [3.05, 3.63) is 40.0 Å². The number of nitrogens with zero attached hydrogens (tertiary/aromatic N) is 1. The van der Waals surface area contributed by atoms with Crippen molar-refractivity contribution < 1.29 is 0 Å². The zero-order valence-corrected chi connectivity index (χ0v) is 6.80. The molecule has 2 aliphatic rings. The number of fused-ring (bicyclic) bond motifs is 1. The second kappa shape index (κ2) is 2.60. The Morgan fingerprint density at radius 1 is 1.50 bits per heavy atom. The zero-order chi connectivity index (χ0) is 8.55. The number of nitrogens with one attached hydrogen (secondary N) is 1. The molecule has 0 fully saturated rings. The minimum atomic E-state index is -0.246. The molecule has 2 heterocycles. The van der Waals surface area contributed by atoms with Gasteiger partial charge < -0.3 is 4.98 Å². The Morgan fingerprint density at radius 2 is 2.33 bits per heavy atom. The van der Waals surface area contributed by atoms with E-state index in [1.165, 1.54) is 12.3 Å². The zero-order valence-electron chi connectivity index (χ0n) is 6.04. The lowest BCUT2D eigenvalue weighted by Crippen LogP contribution is -2.04. The van der Waals surface area contributed by atoms with Gasteiger partial charge in [-0.05, 0) is 11.6 Å². The highest BCUT2D eigenvalue weighted by Gasteiger charge is 2.05. The van der Waals surface area contributed by atoms with Gasteiger partial charge in [0.05, 0.1) is 0 Å². The van der Waals surface area contributed by atoms with Crippen molar-refractivity contribution in [3.63, 3.8) is 0 Å². The summed E-state index contributed by atoms with van der Waals surface area (Å²) in [7, 11) is 0. The molecule has 0 atom stereocenters. The highest BCUT2D eigenvalue weighted by molar-refractivity contribution is 6.32. The van der Waals surface area contributed by atoms with Gasteiger partial charge in [-0.2, -0.15) is 0 Å². The average molecular weight is 181 g/mol. The Labute approximate surface area is 73.4 Å². The molecule has 0 radical (unpaired) electrons. The number of pyridine rings is 2. The predicted molar refractivity (Wildman–Crippen MR) is 46.5 cm³/mol. The Bertz CT molecular complexity index is 438. The predicted octanol–water partition coefficient (Wildman–Crippen LogP) is 1.53. The molecule has 0 aromatic carbocycles. The number of aromatic nitrogens is 2. The molecule has 60 valence electrons. The summed E-state index contributed by atoms with van der Waals surface area (Å²) >= 11 is 5.81. The van der Waals surface area contributed by atoms with Gasteiger partial charge in [-0.25, -0.2) is 4.98 Å². The van der Waals surface area contributed by atoms with Crippen molar-refractivity contribution in [2.45, 2.75) is 0 Å². The molecule has 0 bridgehead atoms. The number of hydrogen-bond acceptors (Lipinski definition) is 2. The van der Waals surface area contributed by atoms with Crippen LogP contribution in [0.15, 0.2) is 29.3 Å². The fourth-order valence-electron chi connectivity index (χ4n) is 1.05. The summed E-state index contributed by atoms with van der Waals surface area (Å²) in [5, 5.41) is 0.500. The van der Waals surface area contributed by atoms with Crippen LogP contribution in [0.5, 0.6) is 0 Å². The lowest BCUT2D eigenvalue weighted by molar-refractivity contribution is 1.21. The molecule has 0 aromatic rings. The molecule has 4 heteroatoms. The molecule has 0 aliphatic carbocycles. The maximum atomic E-state index is 10.8. The highest BCUT2D eigenvalue weighted by atomic mass is 35.5. The maximum Gasteiger partial charge on any atom is 0.270 e. The average Bonchev–Trinajstić information content (AvgIpc) is 2.04. The standard InChI is InChI=1S/C8H5ClN2O/c9-8-6-4-11-7(12)3-5(6)1-2-10-8/h1-4,10H. The number of aromatic amines is 1. The van der Waals surface area contributed by atoms with Crippen LogP contribution in [0.4, 0.5) is 0 Å². The van der Waals surface area contributed by atoms with Gasteiger partial charge in [0.15, 0.2) is 0 Å². The van der Waals surface area contributed by atoms with E-state index in [1.54, 1.807) is 12.3 Å². The van der Waals surface area contributed by atoms with Gasteiger partial charge >= 0.3 is 0 Å². The largest absolute Gasteiger partial charge is 0.352 e. The van der Waals surface area contributed by atoms with Crippen LogP contribution < -0.4 is 5.56 Å². The third kappa shape index (κ3) is 1.08. The number of H-pyrrole nitrogens is 1. The first-order valence-corrected chi connectivity index (χ1v) is 3.78. The smallest absolute Gasteiger partial charge is 0.270 e. The minimum Gasteiger partial charge on any atom is -0.352 e. The van der Waals surface area contributed by atoms with Gasteiger partial charge in [-0.1, -0.05) is 11.6 Å². The molecule has 0 spiro atoms. The number of rotatable bonds is 0. The summed E-state index contributed by atoms with van der Waals surface area (Å²) in [5.41, 5.74) is 1.32. The van der Waals surface area contributed by atoms with Crippen LogP contribution in [-0.4, -0.2) is 9.97 Å². The molecule has 2 aliphatic heterocycles. The fourth-order valence-corrected chi connectivity index (χ4v) is 1.28. The van der Waals surface area contributed by atoms with Gasteiger partial charge in [0.2, 0.25) is 0 Å². The van der Waals surface area contributed by atoms with Crippen LogP contribution >= 0.6 is 11.6 Å². The van der Waals surface area contributed by atoms with E-state index >= 15 is 0 Å². The third-order valence-corrected chi connectivity index (χ3v) is 1.93. The first-order valence-electron chi connectivity index (χ1n) is 3.40. The molecule has 1 N–H and O–H groups in total. The monoisotopic (exact) mass is 180 g/mol. The SMILES string of the molecule is O=c1cc2cc[nH]c(Cl)c-2cn1. The van der Waals surface area contributed by atoms with E-state index in [0.717, 1.165) is 11.1 Å². The van der Waals surface area contributed by atoms with Gasteiger partial charge in [0.25, 0.3) is 5.56 Å². The second-order valence-electron chi connectivity index (χ2n) is 2.40. The fraction of sp³-hybridized carbons (Fsp3) is 0. The highest BCUT2D eigenvalue weighted by Crippen LogP contribution is 2.24. The molecule has 0 saturated carbocycles. The lowest BCUT2D eigenvalue weighted by atomic mass is 10.1. The molecule has 2 rings (SSSR count). The number of hydrogen-bond donors (Lipinski definition) is 1. The summed E-state index contributed by atoms with van der Waals surface area (Å²) < 4.78 is 0. The maximum absolute atomic E-state index is 10.8. The van der Waals surface area contributed by atoms with Crippen molar-refractivity contribution in [1.82, 2.24) is 9.97 Å². The van der Waals surface area contributed by atoms with Crippen LogP contribution in [0.2, 0.25) is 5.15 Å². The first kappa shape index (κ1) is 7.31. The summed E-state index contributed by atoms with van der Waals surface area (Å²) in [6, 6.07) is 3.24. The van der Waals surface area contributed by atoms with Crippen LogP contribution in [0.25, 0.3) is 11.1 Å². The number of halogens is 1.